The highest BCUT2D eigenvalue weighted by Crippen LogP contribution is 2.32. The van der Waals surface area contributed by atoms with Gasteiger partial charge in [0.1, 0.15) is 0 Å². The van der Waals surface area contributed by atoms with Gasteiger partial charge in [0.25, 0.3) is 0 Å². The van der Waals surface area contributed by atoms with Gasteiger partial charge in [-0.2, -0.15) is 0 Å². The van der Waals surface area contributed by atoms with Crippen LogP contribution in [0.3, 0.4) is 0 Å². The molecule has 18 heavy (non-hydrogen) atoms. The molecular weight excluding hydrogens is 224 g/mol. The number of hydrogen-bond acceptors (Lipinski definition) is 2. The molecular formula is C15H22N2O. The Morgan fingerprint density at radius 3 is 2.67 bits per heavy atom. The van der Waals surface area contributed by atoms with Crippen molar-refractivity contribution >= 4 is 11.6 Å². The fourth-order valence-electron chi connectivity index (χ4n) is 2.64. The van der Waals surface area contributed by atoms with Crippen LogP contribution in [0.1, 0.15) is 31.7 Å². The lowest BCUT2D eigenvalue weighted by molar-refractivity contribution is -0.125. The van der Waals surface area contributed by atoms with Crippen LogP contribution in [0.4, 0.5) is 5.69 Å². The summed E-state index contributed by atoms with van der Waals surface area (Å²) in [5.41, 5.74) is 1.89. The number of nitrogens with one attached hydrogen (secondary N) is 2. The summed E-state index contributed by atoms with van der Waals surface area (Å²) < 4.78 is 0. The van der Waals surface area contributed by atoms with E-state index >= 15 is 0 Å². The maximum atomic E-state index is 12.5. The Morgan fingerprint density at radius 2 is 2.11 bits per heavy atom. The Hall–Kier alpha value is -1.35. The number of benzene rings is 1. The van der Waals surface area contributed by atoms with Crippen LogP contribution in [0.25, 0.3) is 0 Å². The predicted octanol–water partition coefficient (Wildman–Crippen LogP) is 2.71. The largest absolute Gasteiger partial charge is 0.326 e. The minimum atomic E-state index is -0.209. The molecule has 1 aliphatic rings. The second-order valence-corrected chi connectivity index (χ2v) is 5.28. The second-order valence-electron chi connectivity index (χ2n) is 5.28. The van der Waals surface area contributed by atoms with Crippen molar-refractivity contribution in [2.24, 2.45) is 5.41 Å². The summed E-state index contributed by atoms with van der Waals surface area (Å²) in [7, 11) is 0. The number of anilines is 1. The standard InChI is InChI=1S/C15H22N2O/c1-3-8-15(9-10-16-11-15)14(18)17-13-6-4-12(2)5-7-13/h4-7,16H,3,8-11H2,1-2H3,(H,17,18). The number of rotatable bonds is 4. The molecule has 98 valence electrons. The Bertz CT molecular complexity index is 405. The molecule has 1 fully saturated rings. The summed E-state index contributed by atoms with van der Waals surface area (Å²) in [5, 5.41) is 6.37. The van der Waals surface area contributed by atoms with Gasteiger partial charge >= 0.3 is 0 Å². The number of hydrogen-bond donors (Lipinski definition) is 2. The highest BCUT2D eigenvalue weighted by Gasteiger charge is 2.40. The van der Waals surface area contributed by atoms with Crippen LogP contribution in [-0.4, -0.2) is 19.0 Å². The fraction of sp³-hybridized carbons (Fsp3) is 0.533. The van der Waals surface area contributed by atoms with Crippen molar-refractivity contribution < 1.29 is 4.79 Å². The molecule has 1 aromatic carbocycles. The molecule has 0 aromatic heterocycles. The van der Waals surface area contributed by atoms with E-state index in [1.54, 1.807) is 0 Å². The third kappa shape index (κ3) is 2.72. The minimum absolute atomic E-state index is 0.165. The van der Waals surface area contributed by atoms with Crippen LogP contribution >= 0.6 is 0 Å². The van der Waals surface area contributed by atoms with Gasteiger partial charge in [-0.1, -0.05) is 31.0 Å². The normalized spacial score (nSPS) is 23.0. The van der Waals surface area contributed by atoms with Crippen LogP contribution in [0.2, 0.25) is 0 Å². The van der Waals surface area contributed by atoms with Crippen molar-refractivity contribution in [1.29, 1.82) is 0 Å². The fourth-order valence-corrected chi connectivity index (χ4v) is 2.64. The van der Waals surface area contributed by atoms with Crippen LogP contribution in [0.15, 0.2) is 24.3 Å². The second kappa shape index (κ2) is 5.53. The van der Waals surface area contributed by atoms with Gasteiger partial charge in [0.2, 0.25) is 5.91 Å². The van der Waals surface area contributed by atoms with Crippen molar-refractivity contribution in [1.82, 2.24) is 5.32 Å². The highest BCUT2D eigenvalue weighted by molar-refractivity contribution is 5.95. The SMILES string of the molecule is CCCC1(C(=O)Nc2ccc(C)cc2)CCNC1. The van der Waals surface area contributed by atoms with Crippen molar-refractivity contribution in [3.8, 4) is 0 Å². The van der Waals surface area contributed by atoms with Crippen molar-refractivity contribution in [3.05, 3.63) is 29.8 Å². The van der Waals surface area contributed by atoms with E-state index in [0.717, 1.165) is 38.0 Å². The van der Waals surface area contributed by atoms with Gasteiger partial charge in [0, 0.05) is 12.2 Å². The van der Waals surface area contributed by atoms with Gasteiger partial charge in [0.05, 0.1) is 5.41 Å². The van der Waals surface area contributed by atoms with Gasteiger partial charge in [-0.15, -0.1) is 0 Å². The van der Waals surface area contributed by atoms with Crippen molar-refractivity contribution in [2.45, 2.75) is 33.1 Å². The van der Waals surface area contributed by atoms with Gasteiger partial charge in [-0.25, -0.2) is 0 Å². The maximum Gasteiger partial charge on any atom is 0.231 e. The first kappa shape index (κ1) is 13.1. The molecule has 1 unspecified atom stereocenters. The molecule has 1 aliphatic heterocycles. The Labute approximate surface area is 109 Å². The Kier molecular flexibility index (Phi) is 4.02. The monoisotopic (exact) mass is 246 g/mol. The minimum Gasteiger partial charge on any atom is -0.326 e. The topological polar surface area (TPSA) is 41.1 Å². The first-order valence-corrected chi connectivity index (χ1v) is 6.75. The van der Waals surface area contributed by atoms with Gasteiger partial charge < -0.3 is 10.6 Å². The molecule has 2 N–H and O–H groups in total. The predicted molar refractivity (Wildman–Crippen MR) is 74.6 cm³/mol. The van der Waals surface area contributed by atoms with E-state index < -0.39 is 0 Å². The molecule has 1 aromatic rings. The zero-order valence-electron chi connectivity index (χ0n) is 11.3. The van der Waals surface area contributed by atoms with E-state index in [1.807, 2.05) is 31.2 Å². The summed E-state index contributed by atoms with van der Waals surface area (Å²) >= 11 is 0. The third-order valence-corrected chi connectivity index (χ3v) is 3.76. The Balaban J connectivity index is 2.07. The summed E-state index contributed by atoms with van der Waals surface area (Å²) in [4.78, 5) is 12.5. The molecule has 3 heteroatoms. The first-order valence-electron chi connectivity index (χ1n) is 6.75. The molecule has 0 saturated carbocycles. The molecule has 0 bridgehead atoms. The zero-order chi connectivity index (χ0) is 13.0. The van der Waals surface area contributed by atoms with E-state index in [-0.39, 0.29) is 11.3 Å². The number of carbonyl (C=O) groups excluding carboxylic acids is 1. The van der Waals surface area contributed by atoms with Crippen LogP contribution < -0.4 is 10.6 Å². The smallest absolute Gasteiger partial charge is 0.231 e. The molecule has 2 rings (SSSR count). The molecule has 1 atom stereocenters. The van der Waals surface area contributed by atoms with E-state index in [1.165, 1.54) is 5.56 Å². The molecule has 0 spiro atoms. The van der Waals surface area contributed by atoms with E-state index in [0.29, 0.717) is 0 Å². The van der Waals surface area contributed by atoms with Crippen LogP contribution in [0, 0.1) is 12.3 Å². The lowest BCUT2D eigenvalue weighted by Gasteiger charge is -2.26. The quantitative estimate of drug-likeness (QED) is 0.857. The Morgan fingerprint density at radius 1 is 1.39 bits per heavy atom. The van der Waals surface area contributed by atoms with Gasteiger partial charge in [0.15, 0.2) is 0 Å². The molecule has 1 amide bonds. The molecule has 0 aliphatic carbocycles. The summed E-state index contributed by atoms with van der Waals surface area (Å²) in [6.45, 7) is 5.93. The van der Waals surface area contributed by atoms with E-state index in [2.05, 4.69) is 17.6 Å². The van der Waals surface area contributed by atoms with Crippen LogP contribution in [0.5, 0.6) is 0 Å². The number of aryl methyl sites for hydroxylation is 1. The van der Waals surface area contributed by atoms with Crippen LogP contribution in [-0.2, 0) is 4.79 Å². The molecule has 1 saturated heterocycles. The lowest BCUT2D eigenvalue weighted by atomic mass is 9.81. The maximum absolute atomic E-state index is 12.5. The number of carbonyl (C=O) groups is 1. The summed E-state index contributed by atoms with van der Waals surface area (Å²) in [6.07, 6.45) is 2.94. The van der Waals surface area contributed by atoms with Crippen molar-refractivity contribution in [2.75, 3.05) is 18.4 Å². The van der Waals surface area contributed by atoms with Crippen molar-refractivity contribution in [3.63, 3.8) is 0 Å². The van der Waals surface area contributed by atoms with Gasteiger partial charge in [-0.05, 0) is 38.4 Å². The zero-order valence-corrected chi connectivity index (χ0v) is 11.3. The number of amides is 1. The summed E-state index contributed by atoms with van der Waals surface area (Å²) in [5.74, 6) is 0.165. The molecule has 3 nitrogen and oxygen atoms in total. The first-order chi connectivity index (χ1) is 8.66. The third-order valence-electron chi connectivity index (χ3n) is 3.76. The van der Waals surface area contributed by atoms with Gasteiger partial charge in [-0.3, -0.25) is 4.79 Å². The lowest BCUT2D eigenvalue weighted by Crippen LogP contribution is -2.38. The average Bonchev–Trinajstić information content (AvgIpc) is 2.82. The molecule has 0 radical (unpaired) electrons. The highest BCUT2D eigenvalue weighted by atomic mass is 16.2. The molecule has 1 heterocycles. The average molecular weight is 246 g/mol. The van der Waals surface area contributed by atoms with E-state index in [9.17, 15) is 4.79 Å². The summed E-state index contributed by atoms with van der Waals surface area (Å²) in [6, 6.07) is 7.98. The van der Waals surface area contributed by atoms with E-state index in [4.69, 9.17) is 0 Å².